The van der Waals surface area contributed by atoms with Crippen molar-refractivity contribution in [2.45, 2.75) is 13.3 Å². The fourth-order valence-corrected chi connectivity index (χ4v) is 1.55. The van der Waals surface area contributed by atoms with Gasteiger partial charge in [-0.05, 0) is 18.3 Å². The molecule has 1 aliphatic carbocycles. The molecule has 0 N–H and O–H groups in total. The molecule has 5 nitrogen and oxygen atoms in total. The van der Waals surface area contributed by atoms with Crippen molar-refractivity contribution < 1.29 is 23.5 Å². The Hall–Kier alpha value is -1.78. The molecule has 2 rings (SSSR count). The number of carbonyl (C=O) groups is 2. The van der Waals surface area contributed by atoms with Crippen molar-refractivity contribution in [3.63, 3.8) is 0 Å². The first kappa shape index (κ1) is 11.7. The molecule has 0 saturated heterocycles. The Balaban J connectivity index is 1.90. The SMILES string of the molecule is COC(=O)c1coc(C(=O)OC[C@H]2C[C@H]2C)c1. The summed E-state index contributed by atoms with van der Waals surface area (Å²) in [5, 5.41) is 0. The molecule has 1 saturated carbocycles. The van der Waals surface area contributed by atoms with Crippen LogP contribution in [0, 0.1) is 11.8 Å². The van der Waals surface area contributed by atoms with Crippen LogP contribution in [0.25, 0.3) is 0 Å². The molecular weight excluding hydrogens is 224 g/mol. The summed E-state index contributed by atoms with van der Waals surface area (Å²) in [7, 11) is 1.27. The zero-order valence-corrected chi connectivity index (χ0v) is 9.76. The van der Waals surface area contributed by atoms with E-state index in [1.807, 2.05) is 0 Å². The van der Waals surface area contributed by atoms with E-state index in [9.17, 15) is 9.59 Å². The minimum atomic E-state index is -0.542. The Labute approximate surface area is 98.7 Å². The van der Waals surface area contributed by atoms with Crippen molar-refractivity contribution in [3.8, 4) is 0 Å². The van der Waals surface area contributed by atoms with Crippen molar-refractivity contribution in [1.82, 2.24) is 0 Å². The van der Waals surface area contributed by atoms with Crippen LogP contribution in [0.4, 0.5) is 0 Å². The van der Waals surface area contributed by atoms with Gasteiger partial charge in [-0.25, -0.2) is 9.59 Å². The van der Waals surface area contributed by atoms with Gasteiger partial charge in [-0.3, -0.25) is 0 Å². The minimum absolute atomic E-state index is 0.0266. The van der Waals surface area contributed by atoms with Crippen LogP contribution >= 0.6 is 0 Å². The Kier molecular flexibility index (Phi) is 3.17. The molecule has 1 fully saturated rings. The predicted octanol–water partition coefficient (Wildman–Crippen LogP) is 1.88. The van der Waals surface area contributed by atoms with Gasteiger partial charge >= 0.3 is 11.9 Å². The first-order chi connectivity index (χ1) is 8.11. The van der Waals surface area contributed by atoms with Gasteiger partial charge in [-0.1, -0.05) is 6.92 Å². The van der Waals surface area contributed by atoms with E-state index >= 15 is 0 Å². The molecule has 92 valence electrons. The number of methoxy groups -OCH3 is 1. The van der Waals surface area contributed by atoms with E-state index in [-0.39, 0.29) is 11.3 Å². The van der Waals surface area contributed by atoms with Gasteiger partial charge in [0.05, 0.1) is 19.3 Å². The van der Waals surface area contributed by atoms with Crippen molar-refractivity contribution in [2.75, 3.05) is 13.7 Å². The maximum Gasteiger partial charge on any atom is 0.374 e. The standard InChI is InChI=1S/C12H14O5/c1-7-3-8(7)5-17-12(14)10-4-9(6-16-10)11(13)15-2/h4,6-8H,3,5H2,1-2H3/t7-,8-/m1/s1. The molecule has 1 aliphatic rings. The average molecular weight is 238 g/mol. The summed E-state index contributed by atoms with van der Waals surface area (Å²) in [6.45, 7) is 2.52. The van der Waals surface area contributed by atoms with E-state index in [1.54, 1.807) is 0 Å². The van der Waals surface area contributed by atoms with E-state index in [4.69, 9.17) is 9.15 Å². The Morgan fingerprint density at radius 1 is 1.47 bits per heavy atom. The molecule has 0 spiro atoms. The van der Waals surface area contributed by atoms with Crippen LogP contribution in [-0.4, -0.2) is 25.7 Å². The predicted molar refractivity (Wildman–Crippen MR) is 57.6 cm³/mol. The zero-order valence-electron chi connectivity index (χ0n) is 9.76. The highest BCUT2D eigenvalue weighted by molar-refractivity contribution is 5.93. The average Bonchev–Trinajstić information content (AvgIpc) is 2.83. The van der Waals surface area contributed by atoms with Crippen LogP contribution in [0.1, 0.15) is 34.3 Å². The number of ether oxygens (including phenoxy) is 2. The molecule has 0 aliphatic heterocycles. The third-order valence-corrected chi connectivity index (χ3v) is 2.93. The molecule has 5 heteroatoms. The molecule has 0 bridgehead atoms. The number of furan rings is 1. The Morgan fingerprint density at radius 2 is 2.18 bits per heavy atom. The fourth-order valence-electron chi connectivity index (χ4n) is 1.55. The van der Waals surface area contributed by atoms with Gasteiger partial charge in [-0.2, -0.15) is 0 Å². The molecule has 0 unspecified atom stereocenters. The summed E-state index contributed by atoms with van der Waals surface area (Å²) in [5.74, 6) is 0.0422. The maximum absolute atomic E-state index is 11.5. The number of esters is 2. The second kappa shape index (κ2) is 4.61. The van der Waals surface area contributed by atoms with E-state index in [0.717, 1.165) is 6.42 Å². The molecule has 1 aromatic rings. The highest BCUT2D eigenvalue weighted by Gasteiger charge is 2.34. The van der Waals surface area contributed by atoms with Crippen molar-refractivity contribution >= 4 is 11.9 Å². The van der Waals surface area contributed by atoms with Crippen LogP contribution in [0.5, 0.6) is 0 Å². The monoisotopic (exact) mass is 238 g/mol. The van der Waals surface area contributed by atoms with Gasteiger partial charge in [0.25, 0.3) is 0 Å². The summed E-state index contributed by atoms with van der Waals surface area (Å²) in [4.78, 5) is 22.7. The zero-order chi connectivity index (χ0) is 12.4. The molecular formula is C12H14O5. The van der Waals surface area contributed by atoms with Gasteiger partial charge in [0.1, 0.15) is 6.26 Å². The van der Waals surface area contributed by atoms with E-state index < -0.39 is 11.9 Å². The van der Waals surface area contributed by atoms with Crippen LogP contribution in [0.3, 0.4) is 0 Å². The molecule has 2 atom stereocenters. The molecule has 1 heterocycles. The summed E-state index contributed by atoms with van der Waals surface area (Å²) in [6, 6.07) is 1.32. The Morgan fingerprint density at radius 3 is 2.76 bits per heavy atom. The smallest absolute Gasteiger partial charge is 0.374 e. The first-order valence-corrected chi connectivity index (χ1v) is 5.45. The quantitative estimate of drug-likeness (QED) is 0.749. The van der Waals surface area contributed by atoms with Crippen molar-refractivity contribution in [3.05, 3.63) is 23.7 Å². The lowest BCUT2D eigenvalue weighted by atomic mass is 10.3. The maximum atomic E-state index is 11.5. The third-order valence-electron chi connectivity index (χ3n) is 2.93. The normalized spacial score (nSPS) is 22.0. The molecule has 0 radical (unpaired) electrons. The lowest BCUT2D eigenvalue weighted by Crippen LogP contribution is -2.07. The van der Waals surface area contributed by atoms with E-state index in [2.05, 4.69) is 11.7 Å². The van der Waals surface area contributed by atoms with Gasteiger partial charge in [0.15, 0.2) is 0 Å². The second-order valence-corrected chi connectivity index (χ2v) is 4.26. The van der Waals surface area contributed by atoms with Gasteiger partial charge in [0.2, 0.25) is 5.76 Å². The highest BCUT2D eigenvalue weighted by atomic mass is 16.5. The van der Waals surface area contributed by atoms with E-state index in [0.29, 0.717) is 18.4 Å². The molecule has 0 amide bonds. The van der Waals surface area contributed by atoms with Crippen LogP contribution in [-0.2, 0) is 9.47 Å². The van der Waals surface area contributed by atoms with Crippen molar-refractivity contribution in [2.24, 2.45) is 11.8 Å². The van der Waals surface area contributed by atoms with Gasteiger partial charge in [-0.15, -0.1) is 0 Å². The van der Waals surface area contributed by atoms with Crippen LogP contribution in [0.2, 0.25) is 0 Å². The first-order valence-electron chi connectivity index (χ1n) is 5.45. The van der Waals surface area contributed by atoms with Crippen LogP contribution in [0.15, 0.2) is 16.7 Å². The molecule has 1 aromatic heterocycles. The minimum Gasteiger partial charge on any atom is -0.465 e. The number of rotatable bonds is 4. The number of hydrogen-bond acceptors (Lipinski definition) is 5. The van der Waals surface area contributed by atoms with Gasteiger partial charge < -0.3 is 13.9 Å². The summed E-state index contributed by atoms with van der Waals surface area (Å²) in [6.07, 6.45) is 2.28. The molecule has 17 heavy (non-hydrogen) atoms. The lowest BCUT2D eigenvalue weighted by molar-refractivity contribution is 0.0444. The largest absolute Gasteiger partial charge is 0.465 e. The van der Waals surface area contributed by atoms with Gasteiger partial charge in [0, 0.05) is 6.07 Å². The summed E-state index contributed by atoms with van der Waals surface area (Å²) < 4.78 is 14.5. The molecule has 0 aromatic carbocycles. The summed E-state index contributed by atoms with van der Waals surface area (Å²) in [5.41, 5.74) is 0.208. The summed E-state index contributed by atoms with van der Waals surface area (Å²) >= 11 is 0. The fraction of sp³-hybridized carbons (Fsp3) is 0.500. The second-order valence-electron chi connectivity index (χ2n) is 4.26. The number of hydrogen-bond donors (Lipinski definition) is 0. The highest BCUT2D eigenvalue weighted by Crippen LogP contribution is 2.37. The van der Waals surface area contributed by atoms with Crippen molar-refractivity contribution in [1.29, 1.82) is 0 Å². The number of carbonyl (C=O) groups excluding carboxylic acids is 2. The van der Waals surface area contributed by atoms with Crippen LogP contribution < -0.4 is 0 Å². The topological polar surface area (TPSA) is 65.7 Å². The lowest BCUT2D eigenvalue weighted by Gasteiger charge is -2.00. The third kappa shape index (κ3) is 2.67. The Bertz CT molecular complexity index is 434. The van der Waals surface area contributed by atoms with E-state index in [1.165, 1.54) is 19.4 Å².